The van der Waals surface area contributed by atoms with Gasteiger partial charge >= 0.3 is 11.9 Å². The van der Waals surface area contributed by atoms with Gasteiger partial charge < -0.3 is 9.47 Å². The monoisotopic (exact) mass is 216 g/mol. The number of hydrogen-bond acceptors (Lipinski definition) is 4. The van der Waals surface area contributed by atoms with Crippen LogP contribution in [0.25, 0.3) is 0 Å². The van der Waals surface area contributed by atoms with Crippen LogP contribution in [0, 0.1) is 5.41 Å². The molecule has 0 amide bonds. The van der Waals surface area contributed by atoms with E-state index < -0.39 is 0 Å². The average Bonchev–Trinajstić information content (AvgIpc) is 2.27. The van der Waals surface area contributed by atoms with E-state index in [0.29, 0.717) is 0 Å². The standard InChI is InChI=1S/C11H20O4/c1-5-11(6-2,7-9(12)14-3)8-10(13)15-4/h5-8H2,1-4H3. The molecule has 0 fully saturated rings. The normalized spacial score (nSPS) is 10.9. The summed E-state index contributed by atoms with van der Waals surface area (Å²) in [6, 6.07) is 0. The maximum atomic E-state index is 11.2. The highest BCUT2D eigenvalue weighted by molar-refractivity contribution is 5.74. The molecule has 0 unspecified atom stereocenters. The summed E-state index contributed by atoms with van der Waals surface area (Å²) in [5.41, 5.74) is -0.319. The lowest BCUT2D eigenvalue weighted by Gasteiger charge is -2.29. The lowest BCUT2D eigenvalue weighted by molar-refractivity contribution is -0.148. The Kier molecular flexibility index (Phi) is 5.97. The van der Waals surface area contributed by atoms with E-state index in [1.54, 1.807) is 0 Å². The van der Waals surface area contributed by atoms with Gasteiger partial charge in [-0.15, -0.1) is 0 Å². The molecule has 0 radical (unpaired) electrons. The number of hydrogen-bond donors (Lipinski definition) is 0. The Hall–Kier alpha value is -1.06. The van der Waals surface area contributed by atoms with Crippen molar-refractivity contribution in [3.05, 3.63) is 0 Å². The third kappa shape index (κ3) is 4.32. The van der Waals surface area contributed by atoms with Crippen molar-refractivity contribution >= 4 is 11.9 Å². The first-order valence-electron chi connectivity index (χ1n) is 5.17. The molecular weight excluding hydrogens is 196 g/mol. The number of ether oxygens (including phenoxy) is 2. The topological polar surface area (TPSA) is 52.6 Å². The van der Waals surface area contributed by atoms with Gasteiger partial charge in [0.05, 0.1) is 27.1 Å². The van der Waals surface area contributed by atoms with Gasteiger partial charge in [0.2, 0.25) is 0 Å². The predicted octanol–water partition coefficient (Wildman–Crippen LogP) is 1.92. The van der Waals surface area contributed by atoms with Gasteiger partial charge in [-0.2, -0.15) is 0 Å². The van der Waals surface area contributed by atoms with Gasteiger partial charge in [-0.1, -0.05) is 13.8 Å². The molecule has 0 saturated carbocycles. The third-order valence-corrected chi connectivity index (χ3v) is 2.99. The van der Waals surface area contributed by atoms with E-state index in [-0.39, 0.29) is 30.2 Å². The van der Waals surface area contributed by atoms with Crippen molar-refractivity contribution in [2.24, 2.45) is 5.41 Å². The zero-order valence-corrected chi connectivity index (χ0v) is 9.96. The van der Waals surface area contributed by atoms with Crippen molar-refractivity contribution in [2.75, 3.05) is 14.2 Å². The average molecular weight is 216 g/mol. The highest BCUT2D eigenvalue weighted by Gasteiger charge is 2.32. The first kappa shape index (κ1) is 13.9. The minimum atomic E-state index is -0.319. The van der Waals surface area contributed by atoms with Gasteiger partial charge in [-0.3, -0.25) is 9.59 Å². The summed E-state index contributed by atoms with van der Waals surface area (Å²) in [5.74, 6) is -0.551. The molecule has 0 aliphatic carbocycles. The fraction of sp³-hybridized carbons (Fsp3) is 0.818. The molecule has 4 nitrogen and oxygen atoms in total. The quantitative estimate of drug-likeness (QED) is 0.636. The lowest BCUT2D eigenvalue weighted by atomic mass is 9.76. The predicted molar refractivity (Wildman–Crippen MR) is 56.3 cm³/mol. The van der Waals surface area contributed by atoms with Crippen LogP contribution in [0.3, 0.4) is 0 Å². The van der Waals surface area contributed by atoms with E-state index in [1.165, 1.54) is 14.2 Å². The summed E-state index contributed by atoms with van der Waals surface area (Å²) in [6.07, 6.45) is 2.05. The number of methoxy groups -OCH3 is 2. The molecule has 4 heteroatoms. The van der Waals surface area contributed by atoms with Crippen molar-refractivity contribution < 1.29 is 19.1 Å². The van der Waals surface area contributed by atoms with Crippen LogP contribution in [0.4, 0.5) is 0 Å². The maximum Gasteiger partial charge on any atom is 0.306 e. The molecule has 0 aliphatic heterocycles. The number of carbonyl (C=O) groups excluding carboxylic acids is 2. The van der Waals surface area contributed by atoms with E-state index in [2.05, 4.69) is 9.47 Å². The van der Waals surface area contributed by atoms with Gasteiger partial charge in [0.15, 0.2) is 0 Å². The van der Waals surface area contributed by atoms with Crippen molar-refractivity contribution in [1.82, 2.24) is 0 Å². The largest absolute Gasteiger partial charge is 0.469 e. The Morgan fingerprint density at radius 2 is 1.27 bits per heavy atom. The van der Waals surface area contributed by atoms with Crippen LogP contribution in [-0.2, 0) is 19.1 Å². The molecule has 0 N–H and O–H groups in total. The summed E-state index contributed by atoms with van der Waals surface area (Å²) in [4.78, 5) is 22.5. The smallest absolute Gasteiger partial charge is 0.306 e. The molecule has 0 spiro atoms. The molecule has 0 heterocycles. The maximum absolute atomic E-state index is 11.2. The van der Waals surface area contributed by atoms with E-state index in [4.69, 9.17) is 0 Å². The van der Waals surface area contributed by atoms with Crippen molar-refractivity contribution in [1.29, 1.82) is 0 Å². The number of carbonyl (C=O) groups is 2. The first-order chi connectivity index (χ1) is 7.03. The van der Waals surface area contributed by atoms with Gasteiger partial charge in [0.25, 0.3) is 0 Å². The Labute approximate surface area is 90.9 Å². The van der Waals surface area contributed by atoms with E-state index in [0.717, 1.165) is 12.8 Å². The summed E-state index contributed by atoms with van der Waals surface area (Å²) >= 11 is 0. The van der Waals surface area contributed by atoms with E-state index >= 15 is 0 Å². The molecule has 88 valence electrons. The Bertz CT molecular complexity index is 199. The van der Waals surface area contributed by atoms with Gasteiger partial charge in [0.1, 0.15) is 0 Å². The van der Waals surface area contributed by atoms with Crippen LogP contribution in [0.5, 0.6) is 0 Å². The van der Waals surface area contributed by atoms with Gasteiger partial charge in [-0.25, -0.2) is 0 Å². The second kappa shape index (κ2) is 6.43. The first-order valence-corrected chi connectivity index (χ1v) is 5.17. The summed E-state index contributed by atoms with van der Waals surface area (Å²) in [5, 5.41) is 0. The van der Waals surface area contributed by atoms with E-state index in [1.807, 2.05) is 13.8 Å². The highest BCUT2D eigenvalue weighted by atomic mass is 16.5. The zero-order valence-electron chi connectivity index (χ0n) is 9.96. The minimum absolute atomic E-state index is 0.269. The zero-order chi connectivity index (χ0) is 11.9. The van der Waals surface area contributed by atoms with Crippen LogP contribution >= 0.6 is 0 Å². The lowest BCUT2D eigenvalue weighted by Crippen LogP contribution is -2.27. The Morgan fingerprint density at radius 3 is 1.47 bits per heavy atom. The molecule has 0 aromatic heterocycles. The number of esters is 2. The van der Waals surface area contributed by atoms with Crippen LogP contribution in [0.1, 0.15) is 39.5 Å². The van der Waals surface area contributed by atoms with Crippen molar-refractivity contribution in [2.45, 2.75) is 39.5 Å². The SMILES string of the molecule is CCC(CC)(CC(=O)OC)CC(=O)OC. The van der Waals surface area contributed by atoms with Crippen LogP contribution in [0.15, 0.2) is 0 Å². The molecular formula is C11H20O4. The fourth-order valence-corrected chi connectivity index (χ4v) is 1.57. The van der Waals surface area contributed by atoms with Crippen LogP contribution in [-0.4, -0.2) is 26.2 Å². The highest BCUT2D eigenvalue weighted by Crippen LogP contribution is 2.35. The molecule has 0 saturated heterocycles. The molecule has 0 atom stereocenters. The summed E-state index contributed by atoms with van der Waals surface area (Å²) in [7, 11) is 2.72. The second-order valence-electron chi connectivity index (χ2n) is 3.71. The molecule has 0 aliphatic rings. The molecule has 15 heavy (non-hydrogen) atoms. The van der Waals surface area contributed by atoms with Crippen LogP contribution in [0.2, 0.25) is 0 Å². The fourth-order valence-electron chi connectivity index (χ4n) is 1.57. The molecule has 0 aromatic rings. The van der Waals surface area contributed by atoms with Gasteiger partial charge in [0, 0.05) is 0 Å². The summed E-state index contributed by atoms with van der Waals surface area (Å²) < 4.78 is 9.27. The van der Waals surface area contributed by atoms with Crippen molar-refractivity contribution in [3.8, 4) is 0 Å². The number of rotatable bonds is 6. The third-order valence-electron chi connectivity index (χ3n) is 2.99. The molecule has 0 rings (SSSR count). The molecule has 0 bridgehead atoms. The van der Waals surface area contributed by atoms with Crippen molar-refractivity contribution in [3.63, 3.8) is 0 Å². The van der Waals surface area contributed by atoms with Crippen LogP contribution < -0.4 is 0 Å². The second-order valence-corrected chi connectivity index (χ2v) is 3.71. The minimum Gasteiger partial charge on any atom is -0.469 e. The summed E-state index contributed by atoms with van der Waals surface area (Å²) in [6.45, 7) is 3.94. The Balaban J connectivity index is 4.56. The Morgan fingerprint density at radius 1 is 0.933 bits per heavy atom. The van der Waals surface area contributed by atoms with E-state index in [9.17, 15) is 9.59 Å². The van der Waals surface area contributed by atoms with Gasteiger partial charge in [-0.05, 0) is 18.3 Å². The molecule has 0 aromatic carbocycles.